The van der Waals surface area contributed by atoms with E-state index in [-0.39, 0.29) is 11.8 Å². The van der Waals surface area contributed by atoms with Gasteiger partial charge in [0.05, 0.1) is 30.2 Å². The number of fused-ring (bicyclic) bond motifs is 2. The van der Waals surface area contributed by atoms with Crippen LogP contribution >= 0.6 is 0 Å². The first-order valence-electron chi connectivity index (χ1n) is 9.88. The number of benzene rings is 2. The number of aromatic nitrogens is 2. The number of ketones is 1. The molecule has 7 nitrogen and oxygen atoms in total. The number of hydrogen-bond acceptors (Lipinski definition) is 4. The van der Waals surface area contributed by atoms with Crippen LogP contribution in [0, 0.1) is 0 Å². The lowest BCUT2D eigenvalue weighted by Gasteiger charge is -2.34. The van der Waals surface area contributed by atoms with E-state index in [1.54, 1.807) is 17.2 Å². The number of Topliss-reactive ketones (excluding diaryl/α,β-unsaturated/α-hetero) is 1. The summed E-state index contributed by atoms with van der Waals surface area (Å²) in [6.07, 6.45) is 3.51. The average Bonchev–Trinajstić information content (AvgIpc) is 3.35. The molecule has 7 heteroatoms. The first kappa shape index (κ1) is 17.7. The minimum absolute atomic E-state index is 0.0864. The molecule has 3 heterocycles. The SMILES string of the molecule is O=C1CC2(CCN(C(=O)NCCc3ccc4cn[nH]c4c3)C2)Oc2ccccc21. The first-order chi connectivity index (χ1) is 14.1. The Bertz CT molecular complexity index is 1090. The topological polar surface area (TPSA) is 87.3 Å². The predicted octanol–water partition coefficient (Wildman–Crippen LogP) is 2.92. The van der Waals surface area contributed by atoms with Gasteiger partial charge in [0.1, 0.15) is 11.4 Å². The largest absolute Gasteiger partial charge is 0.484 e. The fourth-order valence-electron chi connectivity index (χ4n) is 4.25. The molecule has 1 fully saturated rings. The van der Waals surface area contributed by atoms with Gasteiger partial charge < -0.3 is 15.0 Å². The standard InChI is InChI=1S/C22H22N4O3/c27-19-12-22(29-20-4-2-1-3-17(19)20)8-10-26(14-22)21(28)23-9-7-15-5-6-16-13-24-25-18(16)11-15/h1-6,11,13H,7-10,12,14H2,(H,23,28)(H,24,25). The highest BCUT2D eigenvalue weighted by atomic mass is 16.5. The van der Waals surface area contributed by atoms with Crippen molar-refractivity contribution in [3.05, 3.63) is 59.8 Å². The molecule has 0 aliphatic carbocycles. The maximum absolute atomic E-state index is 12.6. The Balaban J connectivity index is 1.18. The van der Waals surface area contributed by atoms with Gasteiger partial charge in [-0.05, 0) is 30.2 Å². The smallest absolute Gasteiger partial charge is 0.317 e. The first-order valence-corrected chi connectivity index (χ1v) is 9.88. The summed E-state index contributed by atoms with van der Waals surface area (Å²) < 4.78 is 6.19. The van der Waals surface area contributed by atoms with Gasteiger partial charge in [-0.2, -0.15) is 5.10 Å². The molecule has 3 aromatic rings. The lowest BCUT2D eigenvalue weighted by atomic mass is 9.89. The molecule has 0 bridgehead atoms. The van der Waals surface area contributed by atoms with E-state index < -0.39 is 5.60 Å². The Hall–Kier alpha value is -3.35. The molecule has 148 valence electrons. The van der Waals surface area contributed by atoms with Crippen LogP contribution in [0.15, 0.2) is 48.7 Å². The quantitative estimate of drug-likeness (QED) is 0.720. The summed E-state index contributed by atoms with van der Waals surface area (Å²) in [7, 11) is 0. The molecule has 1 atom stereocenters. The molecule has 0 radical (unpaired) electrons. The third-order valence-electron chi connectivity index (χ3n) is 5.80. The van der Waals surface area contributed by atoms with E-state index in [4.69, 9.17) is 4.74 Å². The number of amides is 2. The van der Waals surface area contributed by atoms with E-state index in [2.05, 4.69) is 21.6 Å². The Morgan fingerprint density at radius 3 is 3.10 bits per heavy atom. The lowest BCUT2D eigenvalue weighted by molar-refractivity contribution is 0.0478. The van der Waals surface area contributed by atoms with Crippen LogP contribution < -0.4 is 10.1 Å². The molecule has 0 saturated carbocycles. The monoisotopic (exact) mass is 390 g/mol. The van der Waals surface area contributed by atoms with E-state index >= 15 is 0 Å². The number of urea groups is 1. The van der Waals surface area contributed by atoms with Crippen molar-refractivity contribution in [3.8, 4) is 5.75 Å². The second kappa shape index (κ2) is 6.92. The molecule has 2 amide bonds. The minimum atomic E-state index is -0.603. The number of carbonyl (C=O) groups is 2. The molecule has 1 spiro atoms. The molecule has 2 N–H and O–H groups in total. The number of nitrogens with zero attached hydrogens (tertiary/aromatic N) is 2. The van der Waals surface area contributed by atoms with Gasteiger partial charge in [0, 0.05) is 24.9 Å². The van der Waals surface area contributed by atoms with Gasteiger partial charge in [0.2, 0.25) is 0 Å². The zero-order valence-electron chi connectivity index (χ0n) is 16.0. The summed E-state index contributed by atoms with van der Waals surface area (Å²) in [6.45, 7) is 1.56. The number of likely N-dealkylation sites (tertiary alicyclic amines) is 1. The Labute approximate surface area is 168 Å². The second-order valence-corrected chi connectivity index (χ2v) is 7.83. The van der Waals surface area contributed by atoms with Crippen LogP contribution in [0.3, 0.4) is 0 Å². The summed E-state index contributed by atoms with van der Waals surface area (Å²) in [4.78, 5) is 26.9. The Morgan fingerprint density at radius 1 is 1.28 bits per heavy atom. The van der Waals surface area contributed by atoms with Crippen LogP contribution in [0.1, 0.15) is 28.8 Å². The number of rotatable bonds is 3. The van der Waals surface area contributed by atoms with Crippen molar-refractivity contribution in [2.75, 3.05) is 19.6 Å². The van der Waals surface area contributed by atoms with Crippen LogP contribution in [0.25, 0.3) is 10.9 Å². The van der Waals surface area contributed by atoms with Crippen LogP contribution in [0.4, 0.5) is 4.79 Å². The molecule has 2 aromatic carbocycles. The molecule has 1 unspecified atom stereocenters. The van der Waals surface area contributed by atoms with Gasteiger partial charge >= 0.3 is 6.03 Å². The highest BCUT2D eigenvalue weighted by Gasteiger charge is 2.46. The maximum atomic E-state index is 12.6. The molecule has 1 saturated heterocycles. The van der Waals surface area contributed by atoms with Gasteiger partial charge in [-0.25, -0.2) is 4.79 Å². The molecule has 1 aromatic heterocycles. The highest BCUT2D eigenvalue weighted by Crippen LogP contribution is 2.38. The van der Waals surface area contributed by atoms with Crippen LogP contribution in [0.2, 0.25) is 0 Å². The molecule has 5 rings (SSSR count). The number of hydrogen-bond donors (Lipinski definition) is 2. The van der Waals surface area contributed by atoms with Crippen molar-refractivity contribution in [3.63, 3.8) is 0 Å². The molecule has 2 aliphatic rings. The molecule has 29 heavy (non-hydrogen) atoms. The fraction of sp³-hybridized carbons (Fsp3) is 0.318. The van der Waals surface area contributed by atoms with E-state index in [0.29, 0.717) is 43.8 Å². The zero-order chi connectivity index (χ0) is 19.8. The van der Waals surface area contributed by atoms with Gasteiger partial charge in [-0.3, -0.25) is 9.89 Å². The van der Waals surface area contributed by atoms with Gasteiger partial charge in [-0.1, -0.05) is 24.3 Å². The summed E-state index contributed by atoms with van der Waals surface area (Å²) in [5.41, 5.74) is 2.16. The van der Waals surface area contributed by atoms with Crippen molar-refractivity contribution in [2.24, 2.45) is 0 Å². The van der Waals surface area contributed by atoms with Crippen LogP contribution in [0.5, 0.6) is 5.75 Å². The average molecular weight is 390 g/mol. The van der Waals surface area contributed by atoms with E-state index in [1.807, 2.05) is 30.3 Å². The summed E-state index contributed by atoms with van der Waals surface area (Å²) >= 11 is 0. The molecular weight excluding hydrogens is 368 g/mol. The number of aromatic amines is 1. The van der Waals surface area contributed by atoms with Gasteiger partial charge in [-0.15, -0.1) is 0 Å². The zero-order valence-corrected chi connectivity index (χ0v) is 16.0. The van der Waals surface area contributed by atoms with Crippen molar-refractivity contribution >= 4 is 22.7 Å². The number of carbonyl (C=O) groups excluding carboxylic acids is 2. The van der Waals surface area contributed by atoms with Crippen LogP contribution in [-0.2, 0) is 6.42 Å². The minimum Gasteiger partial charge on any atom is -0.484 e. The van der Waals surface area contributed by atoms with Crippen LogP contribution in [-0.4, -0.2) is 52.1 Å². The summed E-state index contributed by atoms with van der Waals surface area (Å²) in [5, 5.41) is 11.0. The lowest BCUT2D eigenvalue weighted by Crippen LogP contribution is -2.47. The van der Waals surface area contributed by atoms with Crippen molar-refractivity contribution in [2.45, 2.75) is 24.9 Å². The van der Waals surface area contributed by atoms with Crippen molar-refractivity contribution in [1.82, 2.24) is 20.4 Å². The van der Waals surface area contributed by atoms with E-state index in [1.165, 1.54) is 0 Å². The molecular formula is C22H22N4O3. The maximum Gasteiger partial charge on any atom is 0.317 e. The number of ether oxygens (including phenoxy) is 1. The third-order valence-corrected chi connectivity index (χ3v) is 5.80. The number of H-pyrrole nitrogens is 1. The van der Waals surface area contributed by atoms with Crippen molar-refractivity contribution < 1.29 is 14.3 Å². The number of nitrogens with one attached hydrogen (secondary N) is 2. The normalized spacial score (nSPS) is 20.7. The van der Waals surface area contributed by atoms with Gasteiger partial charge in [0.15, 0.2) is 5.78 Å². The van der Waals surface area contributed by atoms with E-state index in [0.717, 1.165) is 22.9 Å². The Morgan fingerprint density at radius 2 is 2.17 bits per heavy atom. The predicted molar refractivity (Wildman–Crippen MR) is 108 cm³/mol. The summed E-state index contributed by atoms with van der Waals surface area (Å²) in [6, 6.07) is 13.3. The fourth-order valence-corrected chi connectivity index (χ4v) is 4.25. The number of para-hydroxylation sites is 1. The summed E-state index contributed by atoms with van der Waals surface area (Å²) in [5.74, 6) is 0.712. The van der Waals surface area contributed by atoms with E-state index in [9.17, 15) is 9.59 Å². The van der Waals surface area contributed by atoms with Gasteiger partial charge in [0.25, 0.3) is 0 Å². The molecule has 2 aliphatic heterocycles. The highest BCUT2D eigenvalue weighted by molar-refractivity contribution is 6.00. The van der Waals surface area contributed by atoms with Crippen molar-refractivity contribution in [1.29, 1.82) is 0 Å². The second-order valence-electron chi connectivity index (χ2n) is 7.83. The third kappa shape index (κ3) is 3.33. The Kier molecular flexibility index (Phi) is 4.23.